The van der Waals surface area contributed by atoms with Gasteiger partial charge in [0.25, 0.3) is 0 Å². The number of nitrogens with one attached hydrogen (secondary N) is 1. The number of ether oxygens (including phenoxy) is 1. The zero-order valence-corrected chi connectivity index (χ0v) is 13.5. The number of aryl methyl sites for hydroxylation is 1. The topological polar surface area (TPSA) is 34.1 Å². The van der Waals surface area contributed by atoms with Crippen molar-refractivity contribution in [2.45, 2.75) is 40.0 Å². The Morgan fingerprint density at radius 3 is 2.95 bits per heavy atom. The number of rotatable bonds is 6. The van der Waals surface area contributed by atoms with Gasteiger partial charge in [0.05, 0.1) is 10.7 Å². The van der Waals surface area contributed by atoms with Crippen LogP contribution in [0.1, 0.15) is 30.1 Å². The third-order valence-electron chi connectivity index (χ3n) is 2.72. The molecule has 5 heteroatoms. The van der Waals surface area contributed by atoms with E-state index in [0.29, 0.717) is 23.4 Å². The molecule has 1 heterocycles. The van der Waals surface area contributed by atoms with Gasteiger partial charge in [0.15, 0.2) is 0 Å². The van der Waals surface area contributed by atoms with Crippen LogP contribution in [0.25, 0.3) is 0 Å². The quantitative estimate of drug-likeness (QED) is 0.869. The molecule has 0 aliphatic heterocycles. The minimum absolute atomic E-state index is 0.446. The molecule has 2 rings (SSSR count). The van der Waals surface area contributed by atoms with E-state index in [1.54, 1.807) is 11.3 Å². The molecule has 0 aliphatic rings. The van der Waals surface area contributed by atoms with Gasteiger partial charge >= 0.3 is 0 Å². The Bertz CT molecular complexity index is 569. The zero-order chi connectivity index (χ0) is 14.5. The van der Waals surface area contributed by atoms with Crippen molar-refractivity contribution in [3.63, 3.8) is 0 Å². The van der Waals surface area contributed by atoms with E-state index in [1.807, 2.05) is 30.5 Å². The first-order valence-corrected chi connectivity index (χ1v) is 7.86. The van der Waals surface area contributed by atoms with Crippen molar-refractivity contribution in [3.8, 4) is 5.75 Å². The van der Waals surface area contributed by atoms with Crippen LogP contribution in [0.4, 0.5) is 0 Å². The van der Waals surface area contributed by atoms with Gasteiger partial charge < -0.3 is 10.1 Å². The summed E-state index contributed by atoms with van der Waals surface area (Å²) in [5.74, 6) is 0.710. The van der Waals surface area contributed by atoms with Crippen molar-refractivity contribution in [2.75, 3.05) is 0 Å². The summed E-state index contributed by atoms with van der Waals surface area (Å²) >= 11 is 7.75. The van der Waals surface area contributed by atoms with Crippen molar-refractivity contribution in [1.29, 1.82) is 0 Å². The Labute approximate surface area is 129 Å². The maximum absolute atomic E-state index is 6.10. The first-order valence-electron chi connectivity index (χ1n) is 6.60. The maximum Gasteiger partial charge on any atom is 0.138 e. The fourth-order valence-corrected chi connectivity index (χ4v) is 2.56. The summed E-state index contributed by atoms with van der Waals surface area (Å²) in [7, 11) is 0. The van der Waals surface area contributed by atoms with E-state index < -0.39 is 0 Å². The summed E-state index contributed by atoms with van der Waals surface area (Å²) in [6.45, 7) is 7.51. The average molecular weight is 311 g/mol. The predicted octanol–water partition coefficient (Wildman–Crippen LogP) is 4.18. The Hall–Kier alpha value is -1.10. The summed E-state index contributed by atoms with van der Waals surface area (Å²) in [4.78, 5) is 4.54. The van der Waals surface area contributed by atoms with Gasteiger partial charge in [-0.2, -0.15) is 0 Å². The molecular weight excluding hydrogens is 292 g/mol. The van der Waals surface area contributed by atoms with E-state index in [0.717, 1.165) is 22.8 Å². The molecule has 0 atom stereocenters. The second-order valence-electron chi connectivity index (χ2n) is 4.99. The molecule has 108 valence electrons. The van der Waals surface area contributed by atoms with Crippen molar-refractivity contribution in [2.24, 2.45) is 0 Å². The van der Waals surface area contributed by atoms with Crippen LogP contribution in [0.2, 0.25) is 5.02 Å². The molecule has 3 nitrogen and oxygen atoms in total. The third kappa shape index (κ3) is 4.47. The molecule has 20 heavy (non-hydrogen) atoms. The van der Waals surface area contributed by atoms with E-state index in [2.05, 4.69) is 24.1 Å². The van der Waals surface area contributed by atoms with E-state index in [-0.39, 0.29) is 0 Å². The van der Waals surface area contributed by atoms with Gasteiger partial charge in [-0.15, -0.1) is 11.3 Å². The fourth-order valence-electron chi connectivity index (χ4n) is 1.66. The normalized spacial score (nSPS) is 11.1. The highest BCUT2D eigenvalue weighted by Gasteiger charge is 2.06. The minimum atomic E-state index is 0.446. The number of benzene rings is 1. The summed E-state index contributed by atoms with van der Waals surface area (Å²) in [5.41, 5.74) is 2.07. The number of halogens is 1. The van der Waals surface area contributed by atoms with Crippen LogP contribution in [0.15, 0.2) is 23.6 Å². The van der Waals surface area contributed by atoms with Crippen LogP contribution in [0.3, 0.4) is 0 Å². The first-order chi connectivity index (χ1) is 9.54. The Morgan fingerprint density at radius 2 is 2.20 bits per heavy atom. The first kappa shape index (κ1) is 15.3. The van der Waals surface area contributed by atoms with Crippen molar-refractivity contribution in [1.82, 2.24) is 10.3 Å². The van der Waals surface area contributed by atoms with Crippen LogP contribution in [0.5, 0.6) is 5.75 Å². The Kier molecular flexibility index (Phi) is 5.40. The highest BCUT2D eigenvalue weighted by Crippen LogP contribution is 2.26. The Balaban J connectivity index is 1.92. The lowest BCUT2D eigenvalue weighted by Crippen LogP contribution is -2.21. The molecule has 0 unspecified atom stereocenters. The van der Waals surface area contributed by atoms with E-state index in [9.17, 15) is 0 Å². The summed E-state index contributed by atoms with van der Waals surface area (Å²) < 4.78 is 5.73. The lowest BCUT2D eigenvalue weighted by molar-refractivity contribution is 0.302. The van der Waals surface area contributed by atoms with Crippen molar-refractivity contribution >= 4 is 22.9 Å². The van der Waals surface area contributed by atoms with Crippen molar-refractivity contribution in [3.05, 3.63) is 44.9 Å². The van der Waals surface area contributed by atoms with Gasteiger partial charge in [0.2, 0.25) is 0 Å². The lowest BCUT2D eigenvalue weighted by atomic mass is 10.2. The second-order valence-corrected chi connectivity index (χ2v) is 6.34. The number of thiazole rings is 1. The molecule has 0 amide bonds. The van der Waals surface area contributed by atoms with E-state index >= 15 is 0 Å². The van der Waals surface area contributed by atoms with Crippen LogP contribution in [-0.4, -0.2) is 11.0 Å². The van der Waals surface area contributed by atoms with Gasteiger partial charge in [-0.05, 0) is 24.6 Å². The zero-order valence-electron chi connectivity index (χ0n) is 11.9. The monoisotopic (exact) mass is 310 g/mol. The molecule has 1 aromatic heterocycles. The van der Waals surface area contributed by atoms with Gasteiger partial charge in [-0.1, -0.05) is 31.5 Å². The Morgan fingerprint density at radius 1 is 1.40 bits per heavy atom. The molecule has 1 N–H and O–H groups in total. The smallest absolute Gasteiger partial charge is 0.138 e. The van der Waals surface area contributed by atoms with E-state index in [4.69, 9.17) is 16.3 Å². The molecule has 0 bridgehead atoms. The molecule has 0 aliphatic carbocycles. The van der Waals surface area contributed by atoms with Gasteiger partial charge in [-0.25, -0.2) is 4.98 Å². The minimum Gasteiger partial charge on any atom is -0.486 e. The molecule has 2 aromatic rings. The number of nitrogens with zero attached hydrogens (tertiary/aromatic N) is 1. The molecule has 0 radical (unpaired) electrons. The summed E-state index contributed by atoms with van der Waals surface area (Å²) in [6.07, 6.45) is 0. The van der Waals surface area contributed by atoms with Gasteiger partial charge in [0.1, 0.15) is 17.4 Å². The average Bonchev–Trinajstić information content (AvgIpc) is 2.85. The third-order valence-corrected chi connectivity index (χ3v) is 3.93. The van der Waals surface area contributed by atoms with Gasteiger partial charge in [-0.3, -0.25) is 0 Å². The second kappa shape index (κ2) is 7.07. The van der Waals surface area contributed by atoms with Crippen LogP contribution in [-0.2, 0) is 13.2 Å². The van der Waals surface area contributed by atoms with Crippen molar-refractivity contribution < 1.29 is 4.74 Å². The molecule has 1 aromatic carbocycles. The molecular formula is C15H19ClN2OS. The molecule has 0 fully saturated rings. The number of hydrogen-bond acceptors (Lipinski definition) is 4. The SMILES string of the molecule is Cc1ccc(Cl)c(OCc2csc(CNC(C)C)n2)c1. The van der Waals surface area contributed by atoms with Crippen LogP contribution < -0.4 is 10.1 Å². The number of hydrogen-bond donors (Lipinski definition) is 1. The van der Waals surface area contributed by atoms with Crippen LogP contribution in [0, 0.1) is 6.92 Å². The number of aromatic nitrogens is 1. The highest BCUT2D eigenvalue weighted by atomic mass is 35.5. The fraction of sp³-hybridized carbons (Fsp3) is 0.400. The van der Waals surface area contributed by atoms with Crippen LogP contribution >= 0.6 is 22.9 Å². The predicted molar refractivity (Wildman–Crippen MR) is 84.6 cm³/mol. The largest absolute Gasteiger partial charge is 0.486 e. The van der Waals surface area contributed by atoms with Gasteiger partial charge in [0, 0.05) is 18.0 Å². The summed E-state index contributed by atoms with van der Waals surface area (Å²) in [6, 6.07) is 6.22. The summed E-state index contributed by atoms with van der Waals surface area (Å²) in [5, 5.41) is 7.09. The molecule has 0 spiro atoms. The standard InChI is InChI=1S/C15H19ClN2OS/c1-10(2)17-7-15-18-12(9-20-15)8-19-14-6-11(3)4-5-13(14)16/h4-6,9-10,17H,7-8H2,1-3H3. The highest BCUT2D eigenvalue weighted by molar-refractivity contribution is 7.09. The lowest BCUT2D eigenvalue weighted by Gasteiger charge is -2.07. The molecule has 0 saturated heterocycles. The maximum atomic E-state index is 6.10. The molecule has 0 saturated carbocycles. The van der Waals surface area contributed by atoms with E-state index in [1.165, 1.54) is 0 Å².